The summed E-state index contributed by atoms with van der Waals surface area (Å²) >= 11 is 18.0. The average molecular weight is 486 g/mol. The number of hydrogen-bond donors (Lipinski definition) is 1. The van der Waals surface area contributed by atoms with E-state index >= 15 is 0 Å². The largest absolute Gasteiger partial charge is 0.494 e. The SMILES string of the molecule is CCNC(=O)[C@H](CC)N(Cc1ccc(Cl)c(Cl)c1)C(=O)CCCOc1ccc(Cl)cc1. The molecule has 0 saturated carbocycles. The number of ether oxygens (including phenoxy) is 1. The standard InChI is InChI=1S/C23H27Cl3N2O3/c1-3-21(23(30)27-4-2)28(15-16-7-12-19(25)20(26)14-16)22(29)6-5-13-31-18-10-8-17(24)9-11-18/h7-12,14,21H,3-6,13,15H2,1-2H3,(H,27,30)/t21-/m0/s1. The predicted molar refractivity (Wildman–Crippen MR) is 126 cm³/mol. The van der Waals surface area contributed by atoms with Gasteiger partial charge in [-0.25, -0.2) is 0 Å². The summed E-state index contributed by atoms with van der Waals surface area (Å²) in [6.45, 7) is 4.89. The van der Waals surface area contributed by atoms with Gasteiger partial charge in [0.2, 0.25) is 11.8 Å². The molecule has 2 amide bonds. The molecule has 1 N–H and O–H groups in total. The molecule has 0 aliphatic carbocycles. The Labute approximate surface area is 198 Å². The third-order valence-corrected chi connectivity index (χ3v) is 5.68. The highest BCUT2D eigenvalue weighted by Crippen LogP contribution is 2.24. The topological polar surface area (TPSA) is 58.6 Å². The van der Waals surface area contributed by atoms with Crippen LogP contribution in [0.2, 0.25) is 15.1 Å². The third-order valence-electron chi connectivity index (χ3n) is 4.69. The molecule has 1 atom stereocenters. The number of likely N-dealkylation sites (N-methyl/N-ethyl adjacent to an activating group) is 1. The Morgan fingerprint density at radius 2 is 1.74 bits per heavy atom. The summed E-state index contributed by atoms with van der Waals surface area (Å²) in [5.74, 6) is 0.401. The van der Waals surface area contributed by atoms with E-state index in [0.29, 0.717) is 46.8 Å². The normalized spacial score (nSPS) is 11.6. The number of nitrogens with zero attached hydrogens (tertiary/aromatic N) is 1. The van der Waals surface area contributed by atoms with E-state index in [1.54, 1.807) is 41.3 Å². The molecule has 168 valence electrons. The van der Waals surface area contributed by atoms with Crippen molar-refractivity contribution >= 4 is 46.6 Å². The molecule has 0 aliphatic heterocycles. The summed E-state index contributed by atoms with van der Waals surface area (Å²) in [6, 6.07) is 11.7. The molecule has 8 heteroatoms. The lowest BCUT2D eigenvalue weighted by atomic mass is 10.1. The minimum Gasteiger partial charge on any atom is -0.494 e. The van der Waals surface area contributed by atoms with Crippen molar-refractivity contribution in [1.29, 1.82) is 0 Å². The van der Waals surface area contributed by atoms with Crippen molar-refractivity contribution in [1.82, 2.24) is 10.2 Å². The van der Waals surface area contributed by atoms with E-state index < -0.39 is 6.04 Å². The smallest absolute Gasteiger partial charge is 0.242 e. The first-order valence-corrected chi connectivity index (χ1v) is 11.4. The van der Waals surface area contributed by atoms with Gasteiger partial charge in [0.1, 0.15) is 11.8 Å². The number of benzene rings is 2. The molecule has 2 aromatic rings. The number of halogens is 3. The van der Waals surface area contributed by atoms with Crippen molar-refractivity contribution in [3.8, 4) is 5.75 Å². The van der Waals surface area contributed by atoms with Gasteiger partial charge in [-0.1, -0.05) is 47.8 Å². The molecule has 0 heterocycles. The highest BCUT2D eigenvalue weighted by molar-refractivity contribution is 6.42. The van der Waals surface area contributed by atoms with Crippen molar-refractivity contribution in [3.63, 3.8) is 0 Å². The van der Waals surface area contributed by atoms with Crippen LogP contribution in [0.1, 0.15) is 38.7 Å². The number of amides is 2. The van der Waals surface area contributed by atoms with Gasteiger partial charge in [-0.2, -0.15) is 0 Å². The van der Waals surface area contributed by atoms with Crippen LogP contribution in [0.3, 0.4) is 0 Å². The molecule has 0 saturated heterocycles. The summed E-state index contributed by atoms with van der Waals surface area (Å²) in [5.41, 5.74) is 0.808. The van der Waals surface area contributed by atoms with Gasteiger partial charge in [0.25, 0.3) is 0 Å². The molecule has 2 rings (SSSR count). The lowest BCUT2D eigenvalue weighted by Crippen LogP contribution is -2.49. The maximum Gasteiger partial charge on any atom is 0.242 e. The minimum absolute atomic E-state index is 0.121. The van der Waals surface area contributed by atoms with E-state index in [2.05, 4.69) is 5.32 Å². The fourth-order valence-corrected chi connectivity index (χ4v) is 3.58. The summed E-state index contributed by atoms with van der Waals surface area (Å²) in [7, 11) is 0. The Morgan fingerprint density at radius 3 is 2.35 bits per heavy atom. The number of hydrogen-bond acceptors (Lipinski definition) is 3. The predicted octanol–water partition coefficient (Wildman–Crippen LogP) is 5.75. The van der Waals surface area contributed by atoms with Crippen molar-refractivity contribution in [2.75, 3.05) is 13.2 Å². The Balaban J connectivity index is 2.06. The van der Waals surface area contributed by atoms with Gasteiger partial charge in [0.15, 0.2) is 0 Å². The molecule has 0 aliphatic rings. The quantitative estimate of drug-likeness (QED) is 0.412. The molecular weight excluding hydrogens is 459 g/mol. The van der Waals surface area contributed by atoms with Crippen LogP contribution in [-0.2, 0) is 16.1 Å². The van der Waals surface area contributed by atoms with E-state index in [4.69, 9.17) is 39.5 Å². The minimum atomic E-state index is -0.570. The van der Waals surface area contributed by atoms with E-state index in [9.17, 15) is 9.59 Å². The molecule has 0 bridgehead atoms. The summed E-state index contributed by atoms with van der Waals surface area (Å²) < 4.78 is 5.67. The van der Waals surface area contributed by atoms with Crippen LogP contribution in [0, 0.1) is 0 Å². The summed E-state index contributed by atoms with van der Waals surface area (Å²) in [6.07, 6.45) is 1.27. The van der Waals surface area contributed by atoms with Crippen LogP contribution in [0.4, 0.5) is 0 Å². The number of rotatable bonds is 11. The van der Waals surface area contributed by atoms with Gasteiger partial charge in [-0.3, -0.25) is 9.59 Å². The summed E-state index contributed by atoms with van der Waals surface area (Å²) in [5, 5.41) is 4.31. The first kappa shape index (κ1) is 25.3. The summed E-state index contributed by atoms with van der Waals surface area (Å²) in [4.78, 5) is 27.3. The highest BCUT2D eigenvalue weighted by Gasteiger charge is 2.28. The lowest BCUT2D eigenvalue weighted by molar-refractivity contribution is -0.141. The molecule has 0 aromatic heterocycles. The Morgan fingerprint density at radius 1 is 1.03 bits per heavy atom. The zero-order valence-corrected chi connectivity index (χ0v) is 19.9. The molecule has 0 fully saturated rings. The highest BCUT2D eigenvalue weighted by atomic mass is 35.5. The Hall–Kier alpha value is -1.95. The van der Waals surface area contributed by atoms with Crippen LogP contribution < -0.4 is 10.1 Å². The molecule has 31 heavy (non-hydrogen) atoms. The molecule has 2 aromatic carbocycles. The second-order valence-corrected chi connectivity index (χ2v) is 8.25. The second-order valence-electron chi connectivity index (χ2n) is 6.99. The number of carbonyl (C=O) groups excluding carboxylic acids is 2. The van der Waals surface area contributed by atoms with E-state index in [1.165, 1.54) is 0 Å². The first-order valence-electron chi connectivity index (χ1n) is 10.2. The zero-order chi connectivity index (χ0) is 22.8. The van der Waals surface area contributed by atoms with Crippen molar-refractivity contribution in [3.05, 3.63) is 63.1 Å². The van der Waals surface area contributed by atoms with Gasteiger partial charge in [0, 0.05) is 24.5 Å². The lowest BCUT2D eigenvalue weighted by Gasteiger charge is -2.30. The van der Waals surface area contributed by atoms with Gasteiger partial charge >= 0.3 is 0 Å². The first-order chi connectivity index (χ1) is 14.8. The van der Waals surface area contributed by atoms with Crippen molar-refractivity contribution in [2.45, 2.75) is 45.7 Å². The Bertz CT molecular complexity index is 875. The van der Waals surface area contributed by atoms with Crippen LogP contribution in [0.15, 0.2) is 42.5 Å². The fraction of sp³-hybridized carbons (Fsp3) is 0.391. The number of nitrogens with one attached hydrogen (secondary N) is 1. The van der Waals surface area contributed by atoms with Gasteiger partial charge in [-0.15, -0.1) is 0 Å². The second kappa shape index (κ2) is 12.8. The molecule has 0 radical (unpaired) electrons. The fourth-order valence-electron chi connectivity index (χ4n) is 3.13. The molecular formula is C23H27Cl3N2O3. The zero-order valence-electron chi connectivity index (χ0n) is 17.7. The number of carbonyl (C=O) groups is 2. The maximum atomic E-state index is 13.1. The molecule has 5 nitrogen and oxygen atoms in total. The van der Waals surface area contributed by atoms with Crippen molar-refractivity contribution in [2.24, 2.45) is 0 Å². The van der Waals surface area contributed by atoms with E-state index in [0.717, 1.165) is 5.56 Å². The van der Waals surface area contributed by atoms with Crippen LogP contribution in [0.25, 0.3) is 0 Å². The van der Waals surface area contributed by atoms with Gasteiger partial charge < -0.3 is 15.0 Å². The van der Waals surface area contributed by atoms with Crippen LogP contribution in [0.5, 0.6) is 5.75 Å². The van der Waals surface area contributed by atoms with Crippen LogP contribution in [-0.4, -0.2) is 35.9 Å². The third kappa shape index (κ3) is 7.91. The van der Waals surface area contributed by atoms with Crippen LogP contribution >= 0.6 is 34.8 Å². The van der Waals surface area contributed by atoms with Crippen molar-refractivity contribution < 1.29 is 14.3 Å². The maximum absolute atomic E-state index is 13.1. The average Bonchev–Trinajstić information content (AvgIpc) is 2.75. The molecule has 0 unspecified atom stereocenters. The molecule has 0 spiro atoms. The van der Waals surface area contributed by atoms with Gasteiger partial charge in [0.05, 0.1) is 16.7 Å². The van der Waals surface area contributed by atoms with E-state index in [-0.39, 0.29) is 24.8 Å². The Kier molecular flexibility index (Phi) is 10.4. The van der Waals surface area contributed by atoms with E-state index in [1.807, 2.05) is 19.9 Å². The van der Waals surface area contributed by atoms with Gasteiger partial charge in [-0.05, 0) is 61.7 Å². The monoisotopic (exact) mass is 484 g/mol.